The first kappa shape index (κ1) is 8.05. The van der Waals surface area contributed by atoms with E-state index in [1.54, 1.807) is 6.20 Å². The zero-order valence-electron chi connectivity index (χ0n) is 6.76. The largest absolute Gasteiger partial charge is 0.397 e. The van der Waals surface area contributed by atoms with Gasteiger partial charge < -0.3 is 5.73 Å². The van der Waals surface area contributed by atoms with Crippen LogP contribution >= 0.6 is 15.9 Å². The topological polar surface area (TPSA) is 38.9 Å². The highest BCUT2D eigenvalue weighted by atomic mass is 79.9. The Morgan fingerprint density at radius 3 is 2.75 bits per heavy atom. The molecule has 2 N–H and O–H groups in total. The number of pyridine rings is 1. The number of rotatable bonds is 1. The molecule has 0 unspecified atom stereocenters. The van der Waals surface area contributed by atoms with E-state index < -0.39 is 0 Å². The monoisotopic (exact) mass is 226 g/mol. The van der Waals surface area contributed by atoms with Gasteiger partial charge in [-0.3, -0.25) is 4.98 Å². The summed E-state index contributed by atoms with van der Waals surface area (Å²) in [5.41, 5.74) is 7.50. The van der Waals surface area contributed by atoms with Crippen LogP contribution in [-0.2, 0) is 0 Å². The minimum Gasteiger partial charge on any atom is -0.397 e. The summed E-state index contributed by atoms with van der Waals surface area (Å²) in [4.78, 5) is 4.33. The highest BCUT2D eigenvalue weighted by Gasteiger charge is 2.22. The molecule has 0 aliphatic heterocycles. The Kier molecular flexibility index (Phi) is 2.05. The third-order valence-corrected chi connectivity index (χ3v) is 3.02. The predicted molar refractivity (Wildman–Crippen MR) is 52.9 cm³/mol. The molecule has 0 amide bonds. The first-order chi connectivity index (χ1) is 5.77. The minimum atomic E-state index is 0.667. The normalized spacial score (nSPS) is 17.4. The van der Waals surface area contributed by atoms with E-state index in [0.29, 0.717) is 5.92 Å². The molecule has 1 heterocycles. The molecule has 1 aromatic heterocycles. The predicted octanol–water partition coefficient (Wildman–Crippen LogP) is 2.69. The SMILES string of the molecule is Nc1cnc(C2CCC2)c(Br)c1. The zero-order chi connectivity index (χ0) is 8.55. The molecule has 1 fully saturated rings. The molecule has 0 radical (unpaired) electrons. The summed E-state index contributed by atoms with van der Waals surface area (Å²) in [7, 11) is 0. The lowest BCUT2D eigenvalue weighted by Gasteiger charge is -2.25. The van der Waals surface area contributed by atoms with Gasteiger partial charge in [-0.25, -0.2) is 0 Å². The third kappa shape index (κ3) is 1.33. The Balaban J connectivity index is 2.31. The van der Waals surface area contributed by atoms with Gasteiger partial charge in [-0.05, 0) is 34.8 Å². The molecule has 64 valence electrons. The van der Waals surface area contributed by atoms with Crippen molar-refractivity contribution >= 4 is 21.6 Å². The Morgan fingerprint density at radius 2 is 2.25 bits per heavy atom. The van der Waals surface area contributed by atoms with Gasteiger partial charge in [0.1, 0.15) is 0 Å². The molecule has 0 bridgehead atoms. The molecule has 1 aromatic rings. The van der Waals surface area contributed by atoms with E-state index in [4.69, 9.17) is 5.73 Å². The number of anilines is 1. The van der Waals surface area contributed by atoms with Gasteiger partial charge in [0, 0.05) is 10.4 Å². The Labute approximate surface area is 80.3 Å². The molecular weight excluding hydrogens is 216 g/mol. The van der Waals surface area contributed by atoms with Gasteiger partial charge in [-0.2, -0.15) is 0 Å². The molecule has 1 aliphatic carbocycles. The van der Waals surface area contributed by atoms with Crippen LogP contribution in [0.3, 0.4) is 0 Å². The van der Waals surface area contributed by atoms with Gasteiger partial charge in [0.05, 0.1) is 17.6 Å². The van der Waals surface area contributed by atoms with Crippen molar-refractivity contribution in [2.45, 2.75) is 25.2 Å². The van der Waals surface area contributed by atoms with E-state index in [1.165, 1.54) is 25.0 Å². The molecule has 0 aromatic carbocycles. The van der Waals surface area contributed by atoms with Crippen molar-refractivity contribution < 1.29 is 0 Å². The van der Waals surface area contributed by atoms with Crippen molar-refractivity contribution in [3.05, 3.63) is 22.4 Å². The zero-order valence-corrected chi connectivity index (χ0v) is 8.34. The Hall–Kier alpha value is -0.570. The molecule has 2 rings (SSSR count). The molecule has 3 heteroatoms. The number of nitrogens with zero attached hydrogens (tertiary/aromatic N) is 1. The lowest BCUT2D eigenvalue weighted by molar-refractivity contribution is 0.410. The maximum atomic E-state index is 5.59. The number of aromatic nitrogens is 1. The van der Waals surface area contributed by atoms with Crippen LogP contribution in [0.25, 0.3) is 0 Å². The van der Waals surface area contributed by atoms with Crippen molar-refractivity contribution in [1.29, 1.82) is 0 Å². The molecule has 2 nitrogen and oxygen atoms in total. The molecule has 1 saturated carbocycles. The maximum Gasteiger partial charge on any atom is 0.0577 e. The summed E-state index contributed by atoms with van der Waals surface area (Å²) in [5, 5.41) is 0. The smallest absolute Gasteiger partial charge is 0.0577 e. The summed E-state index contributed by atoms with van der Waals surface area (Å²) in [6.07, 6.45) is 5.62. The van der Waals surface area contributed by atoms with Crippen LogP contribution in [0.4, 0.5) is 5.69 Å². The van der Waals surface area contributed by atoms with Crippen molar-refractivity contribution in [1.82, 2.24) is 4.98 Å². The first-order valence-corrected chi connectivity index (χ1v) is 4.97. The van der Waals surface area contributed by atoms with Crippen LogP contribution in [-0.4, -0.2) is 4.98 Å². The highest BCUT2D eigenvalue weighted by Crippen LogP contribution is 2.38. The number of hydrogen-bond donors (Lipinski definition) is 1. The molecule has 12 heavy (non-hydrogen) atoms. The standard InChI is InChI=1S/C9H11BrN2/c10-8-4-7(11)5-12-9(8)6-2-1-3-6/h4-6H,1-3,11H2. The van der Waals surface area contributed by atoms with Gasteiger partial charge in [-0.15, -0.1) is 0 Å². The van der Waals surface area contributed by atoms with Crippen LogP contribution in [0.5, 0.6) is 0 Å². The fourth-order valence-electron chi connectivity index (χ4n) is 1.45. The van der Waals surface area contributed by atoms with Gasteiger partial charge in [-0.1, -0.05) is 6.42 Å². The minimum absolute atomic E-state index is 0.667. The van der Waals surface area contributed by atoms with Crippen LogP contribution < -0.4 is 5.73 Å². The number of nitrogens with two attached hydrogens (primary N) is 1. The average Bonchev–Trinajstić information content (AvgIpc) is 1.91. The molecule has 0 saturated heterocycles. The number of nitrogen functional groups attached to an aromatic ring is 1. The van der Waals surface area contributed by atoms with Crippen LogP contribution in [0.1, 0.15) is 30.9 Å². The van der Waals surface area contributed by atoms with Crippen molar-refractivity contribution in [3.8, 4) is 0 Å². The second-order valence-corrected chi connectivity index (χ2v) is 4.12. The lowest BCUT2D eigenvalue weighted by Crippen LogP contribution is -2.11. The van der Waals surface area contributed by atoms with Crippen molar-refractivity contribution in [2.75, 3.05) is 5.73 Å². The molecule has 0 atom stereocenters. The van der Waals surface area contributed by atoms with E-state index in [0.717, 1.165) is 10.2 Å². The Bertz CT molecular complexity index is 295. The van der Waals surface area contributed by atoms with E-state index in [9.17, 15) is 0 Å². The number of halogens is 1. The summed E-state index contributed by atoms with van der Waals surface area (Å²) < 4.78 is 1.06. The lowest BCUT2D eigenvalue weighted by atomic mass is 9.83. The molecule has 0 spiro atoms. The van der Waals surface area contributed by atoms with Crippen LogP contribution in [0.2, 0.25) is 0 Å². The van der Waals surface area contributed by atoms with E-state index in [-0.39, 0.29) is 0 Å². The van der Waals surface area contributed by atoms with E-state index >= 15 is 0 Å². The first-order valence-electron chi connectivity index (χ1n) is 4.18. The third-order valence-electron chi connectivity index (χ3n) is 2.38. The van der Waals surface area contributed by atoms with Gasteiger partial charge >= 0.3 is 0 Å². The molecular formula is C9H11BrN2. The van der Waals surface area contributed by atoms with Gasteiger partial charge in [0.15, 0.2) is 0 Å². The van der Waals surface area contributed by atoms with Crippen LogP contribution in [0, 0.1) is 0 Å². The number of hydrogen-bond acceptors (Lipinski definition) is 2. The summed E-state index contributed by atoms with van der Waals surface area (Å²) in [6, 6.07) is 1.93. The summed E-state index contributed by atoms with van der Waals surface area (Å²) in [6.45, 7) is 0. The van der Waals surface area contributed by atoms with E-state index in [1.807, 2.05) is 6.07 Å². The summed E-state index contributed by atoms with van der Waals surface area (Å²) >= 11 is 3.48. The second-order valence-electron chi connectivity index (χ2n) is 3.26. The quantitative estimate of drug-likeness (QED) is 0.800. The van der Waals surface area contributed by atoms with Gasteiger partial charge in [0.25, 0.3) is 0 Å². The summed E-state index contributed by atoms with van der Waals surface area (Å²) in [5.74, 6) is 0.667. The Morgan fingerprint density at radius 1 is 1.50 bits per heavy atom. The average molecular weight is 227 g/mol. The highest BCUT2D eigenvalue weighted by molar-refractivity contribution is 9.10. The maximum absolute atomic E-state index is 5.59. The van der Waals surface area contributed by atoms with Crippen molar-refractivity contribution in [2.24, 2.45) is 0 Å². The fraction of sp³-hybridized carbons (Fsp3) is 0.444. The molecule has 1 aliphatic rings. The van der Waals surface area contributed by atoms with Gasteiger partial charge in [0.2, 0.25) is 0 Å². The van der Waals surface area contributed by atoms with Crippen molar-refractivity contribution in [3.63, 3.8) is 0 Å². The van der Waals surface area contributed by atoms with E-state index in [2.05, 4.69) is 20.9 Å². The fourth-order valence-corrected chi connectivity index (χ4v) is 2.14. The second kappa shape index (κ2) is 3.05. The van der Waals surface area contributed by atoms with Crippen LogP contribution in [0.15, 0.2) is 16.7 Å².